The van der Waals surface area contributed by atoms with Crippen LogP contribution in [0, 0.1) is 17.8 Å². The Morgan fingerprint density at radius 1 is 0.489 bits per heavy atom. The average Bonchev–Trinajstić information content (AvgIpc) is 3.70. The normalized spacial score (nSPS) is 14.9. The van der Waals surface area contributed by atoms with Gasteiger partial charge in [-0.15, -0.1) is 0 Å². The van der Waals surface area contributed by atoms with Crippen LogP contribution < -0.4 is 60.6 Å². The summed E-state index contributed by atoms with van der Waals surface area (Å²) in [7, 11) is 1.72. The first-order valence-corrected chi connectivity index (χ1v) is 28.8. The molecular formula is C60H86N18O10. The summed E-state index contributed by atoms with van der Waals surface area (Å²) in [5, 5.41) is 10.8. The number of anilines is 10. The molecule has 3 aliphatic rings. The monoisotopic (exact) mass is 1220 g/mol. The van der Waals surface area contributed by atoms with E-state index in [1.165, 1.54) is 37.1 Å². The Hall–Kier alpha value is -9.89. The topological polar surface area (TPSA) is 433 Å². The molecule has 3 fully saturated rings. The van der Waals surface area contributed by atoms with Crippen molar-refractivity contribution in [3.63, 3.8) is 0 Å². The predicted molar refractivity (Wildman–Crippen MR) is 338 cm³/mol. The van der Waals surface area contributed by atoms with Gasteiger partial charge in [-0.1, -0.05) is 26.2 Å². The lowest BCUT2D eigenvalue weighted by Gasteiger charge is -2.33. The Kier molecular flexibility index (Phi) is 27.5. The van der Waals surface area contributed by atoms with Gasteiger partial charge in [0.15, 0.2) is 0 Å². The number of piperidine rings is 2. The molecule has 1 unspecified atom stereocenters. The van der Waals surface area contributed by atoms with E-state index in [2.05, 4.69) is 46.2 Å². The molecule has 8 amide bonds. The van der Waals surface area contributed by atoms with Crippen molar-refractivity contribution in [3.8, 4) is 0 Å². The largest absolute Gasteiger partial charge is 0.444 e. The first-order chi connectivity index (χ1) is 41.5. The van der Waals surface area contributed by atoms with Gasteiger partial charge in [0.2, 0.25) is 23.6 Å². The fraction of sp³-hybridized carbons (Fsp3) is 0.450. The second kappa shape index (κ2) is 34.3. The molecule has 2 saturated heterocycles. The number of pyridine rings is 5. The van der Waals surface area contributed by atoms with E-state index in [-0.39, 0.29) is 53.6 Å². The van der Waals surface area contributed by atoms with Crippen LogP contribution in [-0.4, -0.2) is 127 Å². The van der Waals surface area contributed by atoms with Crippen LogP contribution in [0.5, 0.6) is 0 Å². The third-order valence-corrected chi connectivity index (χ3v) is 13.2. The lowest BCUT2D eigenvalue weighted by atomic mass is 9.88. The van der Waals surface area contributed by atoms with Crippen molar-refractivity contribution in [2.75, 3.05) is 88.1 Å². The summed E-state index contributed by atoms with van der Waals surface area (Å²) in [5.74, 6) is -0.0582. The van der Waals surface area contributed by atoms with Crippen molar-refractivity contribution < 1.29 is 47.8 Å². The number of aromatic nitrogens is 5. The lowest BCUT2D eigenvalue weighted by Crippen LogP contribution is -2.45. The number of primary amides is 1. The van der Waals surface area contributed by atoms with Gasteiger partial charge in [-0.25, -0.2) is 34.5 Å². The summed E-state index contributed by atoms with van der Waals surface area (Å²) in [6.07, 6.45) is 15.7. The third kappa shape index (κ3) is 26.2. The Morgan fingerprint density at radius 3 is 1.22 bits per heavy atom. The zero-order valence-electron chi connectivity index (χ0n) is 51.4. The molecule has 7 heterocycles. The van der Waals surface area contributed by atoms with Gasteiger partial charge in [0.05, 0.1) is 65.3 Å². The Bertz CT molecular complexity index is 3050. The number of likely N-dealkylation sites (tertiary alicyclic amines) is 2. The summed E-state index contributed by atoms with van der Waals surface area (Å²) in [5.41, 5.74) is 34.0. The molecule has 0 spiro atoms. The summed E-state index contributed by atoms with van der Waals surface area (Å²) in [6, 6.07) is 16.6. The smallest absolute Gasteiger partial charge is 0.410 e. The van der Waals surface area contributed by atoms with E-state index in [1.54, 1.807) is 82.7 Å². The second-order valence-corrected chi connectivity index (χ2v) is 22.8. The Morgan fingerprint density at radius 2 is 0.852 bits per heavy atom. The summed E-state index contributed by atoms with van der Waals surface area (Å²) in [4.78, 5) is 117. The molecule has 0 radical (unpaired) electrons. The van der Waals surface area contributed by atoms with E-state index in [9.17, 15) is 38.4 Å². The van der Waals surface area contributed by atoms with Crippen LogP contribution in [0.3, 0.4) is 0 Å². The lowest BCUT2D eigenvalue weighted by molar-refractivity contribution is -0.134. The van der Waals surface area contributed by atoms with E-state index in [4.69, 9.17) is 43.9 Å². The number of carbonyl (C=O) groups excluding carboxylic acids is 8. The van der Waals surface area contributed by atoms with Crippen LogP contribution in [-0.2, 0) is 38.2 Å². The van der Waals surface area contributed by atoms with Gasteiger partial charge in [-0.2, -0.15) is 0 Å². The maximum atomic E-state index is 12.4. The molecule has 16 N–H and O–H groups in total. The quantitative estimate of drug-likeness (QED) is 0.0678. The first-order valence-electron chi connectivity index (χ1n) is 28.8. The van der Waals surface area contributed by atoms with Crippen LogP contribution in [0.25, 0.3) is 0 Å². The zero-order valence-corrected chi connectivity index (χ0v) is 51.4. The van der Waals surface area contributed by atoms with Crippen LogP contribution in [0.2, 0.25) is 0 Å². The minimum absolute atomic E-state index is 0.0552. The number of nitrogens with two attached hydrogens (primary N) is 6. The average molecular weight is 1220 g/mol. The molecule has 8 rings (SSSR count). The molecule has 476 valence electrons. The summed E-state index contributed by atoms with van der Waals surface area (Å²) < 4.78 is 10.7. The fourth-order valence-electron chi connectivity index (χ4n) is 8.52. The number of rotatable bonds is 9. The summed E-state index contributed by atoms with van der Waals surface area (Å²) in [6.45, 7) is 14.8. The number of amides is 8. The van der Waals surface area contributed by atoms with Crippen molar-refractivity contribution in [1.29, 1.82) is 0 Å². The highest BCUT2D eigenvalue weighted by molar-refractivity contribution is 6.39. The molecule has 88 heavy (non-hydrogen) atoms. The van der Waals surface area contributed by atoms with Gasteiger partial charge < -0.3 is 79.8 Å². The molecule has 5 aromatic rings. The number of nitrogen functional groups attached to an aromatic ring is 5. The molecule has 1 atom stereocenters. The van der Waals surface area contributed by atoms with Crippen molar-refractivity contribution >= 4 is 105 Å². The van der Waals surface area contributed by atoms with Crippen molar-refractivity contribution in [2.45, 2.75) is 124 Å². The standard InChI is InChI=1S/2C16H24N4O3.C12H17N3O.C9H13N3O.C7H8N4O2/c1-16(2,3)23-15(22)20-8-6-11(7-9-20)14(21)19-12-4-5-13(17)18-10-12;1-16(2,3)23-15(22)20-8-4-5-11(10-20)14(21)19-12-6-7-13(17)18-9-12;13-11-7-6-10(8-14-11)15-12(16)9-4-2-1-3-5-9;1-3-9(13)12(2)7-4-5-8(10)11-6-7;8-5-2-1-4(3-10-5)11-7(13)6(9)12/h4-5,10-11H,6-9H2,1-3H3,(H2,17,18)(H,19,21);6-7,9,11H,4-5,8,10H2,1-3H3,(H2,17,18)(H,19,21);6-9H,1-5H2,(H2,13,14)(H,15,16);4-6H,3H2,1-2H3,(H2,10,11);1-3H,(H2,8,10)(H2,9,12)(H,11,13). The van der Waals surface area contributed by atoms with Crippen LogP contribution in [0.15, 0.2) is 91.6 Å². The molecular weight excluding hydrogens is 1130 g/mol. The molecule has 28 heteroatoms. The van der Waals surface area contributed by atoms with Crippen molar-refractivity contribution in [1.82, 2.24) is 34.7 Å². The number of nitrogens with zero attached hydrogens (tertiary/aromatic N) is 8. The van der Waals surface area contributed by atoms with E-state index in [0.717, 1.165) is 49.9 Å². The maximum Gasteiger partial charge on any atom is 0.410 e. The minimum atomic E-state index is -1.04. The van der Waals surface area contributed by atoms with E-state index >= 15 is 0 Å². The highest BCUT2D eigenvalue weighted by Gasteiger charge is 2.32. The first kappa shape index (κ1) is 70.6. The fourth-order valence-corrected chi connectivity index (χ4v) is 8.52. The third-order valence-electron chi connectivity index (χ3n) is 13.2. The highest BCUT2D eigenvalue weighted by Crippen LogP contribution is 2.26. The van der Waals surface area contributed by atoms with Crippen molar-refractivity contribution in [2.24, 2.45) is 23.5 Å². The van der Waals surface area contributed by atoms with E-state index < -0.39 is 23.0 Å². The molecule has 0 aromatic carbocycles. The predicted octanol–water partition coefficient (Wildman–Crippen LogP) is 6.81. The molecule has 0 bridgehead atoms. The number of hydrogen-bond donors (Lipinski definition) is 10. The molecule has 28 nitrogen and oxygen atoms in total. The van der Waals surface area contributed by atoms with Crippen LogP contribution in [0.1, 0.15) is 113 Å². The van der Waals surface area contributed by atoms with Gasteiger partial charge in [0.25, 0.3) is 0 Å². The minimum Gasteiger partial charge on any atom is -0.444 e. The van der Waals surface area contributed by atoms with Gasteiger partial charge in [0, 0.05) is 51.5 Å². The number of ether oxygens (including phenoxy) is 2. The van der Waals surface area contributed by atoms with Crippen LogP contribution in [0.4, 0.5) is 67.1 Å². The maximum absolute atomic E-state index is 12.4. The Balaban J connectivity index is 0.000000240. The van der Waals surface area contributed by atoms with Gasteiger partial charge in [-0.05, 0) is 141 Å². The summed E-state index contributed by atoms with van der Waals surface area (Å²) >= 11 is 0. The van der Waals surface area contributed by atoms with Gasteiger partial charge in [0.1, 0.15) is 40.3 Å². The molecule has 2 aliphatic heterocycles. The van der Waals surface area contributed by atoms with E-state index in [0.29, 0.717) is 91.6 Å². The van der Waals surface area contributed by atoms with Crippen LogP contribution >= 0.6 is 0 Å². The van der Waals surface area contributed by atoms with Gasteiger partial charge >= 0.3 is 24.0 Å². The SMILES string of the molecule is CC(C)(C)OC(=O)N1CCC(C(=O)Nc2ccc(N)nc2)CC1.CC(C)(C)OC(=O)N1CCCC(C(=O)Nc2ccc(N)nc2)C1.CCC(=O)N(C)c1ccc(N)nc1.NC(=O)C(=O)Nc1ccc(N)nc1.Nc1ccc(NC(=O)C2CCCCC2)cn1. The molecule has 5 aromatic heterocycles. The van der Waals surface area contributed by atoms with E-state index in [1.807, 2.05) is 48.5 Å². The molecule has 1 aliphatic carbocycles. The number of nitrogens with one attached hydrogen (secondary N) is 4. The number of hydrogen-bond acceptors (Lipinski definition) is 20. The van der Waals surface area contributed by atoms with Gasteiger partial charge in [-0.3, -0.25) is 28.8 Å². The van der Waals surface area contributed by atoms with Crippen molar-refractivity contribution in [3.05, 3.63) is 91.6 Å². The highest BCUT2D eigenvalue weighted by atomic mass is 16.6. The molecule has 1 saturated carbocycles. The Labute approximate surface area is 513 Å². The second-order valence-electron chi connectivity index (χ2n) is 22.8. The zero-order chi connectivity index (χ0) is 65.1. The number of carbonyl (C=O) groups is 8.